The van der Waals surface area contributed by atoms with Crippen LogP contribution in [0.1, 0.15) is 26.7 Å². The molecule has 25 heavy (non-hydrogen) atoms. The number of nitrogens with one attached hydrogen (secondary N) is 3. The summed E-state index contributed by atoms with van der Waals surface area (Å²) in [6.07, 6.45) is 0.352. The number of carbonyl (C=O) groups excluding carboxylic acids is 3. The Morgan fingerprint density at radius 1 is 1.40 bits per heavy atom. The summed E-state index contributed by atoms with van der Waals surface area (Å²) < 4.78 is 0.613. The molecule has 1 atom stereocenters. The molecule has 1 aromatic carbocycles. The summed E-state index contributed by atoms with van der Waals surface area (Å²) in [4.78, 5) is 46.0. The number of carbonyl (C=O) groups is 3. The molecule has 2 rings (SSSR count). The van der Waals surface area contributed by atoms with Gasteiger partial charge in [0.25, 0.3) is 5.69 Å². The second-order valence-electron chi connectivity index (χ2n) is 6.15. The molecule has 3 N–H and O–H groups in total. The zero-order valence-corrected chi connectivity index (χ0v) is 15.2. The van der Waals surface area contributed by atoms with Gasteiger partial charge in [0.1, 0.15) is 17.3 Å². The molecule has 9 nitrogen and oxygen atoms in total. The number of nitro groups is 1. The van der Waals surface area contributed by atoms with Gasteiger partial charge in [-0.1, -0.05) is 15.9 Å². The molecule has 1 saturated heterocycles. The number of amides is 3. The lowest BCUT2D eigenvalue weighted by atomic mass is 10.0. The number of nitro benzene ring substituents is 1. The third kappa shape index (κ3) is 4.53. The number of imide groups is 1. The average molecular weight is 413 g/mol. The summed E-state index contributed by atoms with van der Waals surface area (Å²) in [5.74, 6) is -1.46. The first-order chi connectivity index (χ1) is 11.6. The number of hydrogen-bond donors (Lipinski definition) is 3. The van der Waals surface area contributed by atoms with Gasteiger partial charge < -0.3 is 10.6 Å². The second kappa shape index (κ2) is 7.18. The minimum atomic E-state index is -1.23. The van der Waals surface area contributed by atoms with Gasteiger partial charge >= 0.3 is 0 Å². The first-order valence-corrected chi connectivity index (χ1v) is 8.26. The Kier molecular flexibility index (Phi) is 5.41. The van der Waals surface area contributed by atoms with Crippen LogP contribution in [0.3, 0.4) is 0 Å². The van der Waals surface area contributed by atoms with Crippen LogP contribution in [-0.2, 0) is 14.4 Å². The van der Waals surface area contributed by atoms with Gasteiger partial charge in [0.15, 0.2) is 0 Å². The molecular weight excluding hydrogens is 396 g/mol. The zero-order chi connectivity index (χ0) is 18.8. The topological polar surface area (TPSA) is 130 Å². The van der Waals surface area contributed by atoms with Crippen LogP contribution in [0.4, 0.5) is 11.4 Å². The molecule has 1 aliphatic rings. The van der Waals surface area contributed by atoms with Crippen molar-refractivity contribution < 1.29 is 19.3 Å². The van der Waals surface area contributed by atoms with E-state index in [0.29, 0.717) is 4.47 Å². The van der Waals surface area contributed by atoms with E-state index in [1.807, 2.05) is 0 Å². The number of benzene rings is 1. The first-order valence-electron chi connectivity index (χ1n) is 7.47. The van der Waals surface area contributed by atoms with Crippen LogP contribution in [0.25, 0.3) is 0 Å². The van der Waals surface area contributed by atoms with Gasteiger partial charge in [-0.3, -0.25) is 29.8 Å². The smallest absolute Gasteiger partial charge is 0.292 e. The van der Waals surface area contributed by atoms with E-state index in [0.717, 1.165) is 0 Å². The number of anilines is 1. The van der Waals surface area contributed by atoms with Gasteiger partial charge in [-0.2, -0.15) is 0 Å². The van der Waals surface area contributed by atoms with Crippen molar-refractivity contribution in [2.45, 2.75) is 38.3 Å². The van der Waals surface area contributed by atoms with Gasteiger partial charge in [-0.05, 0) is 32.4 Å². The Labute approximate surface area is 151 Å². The molecule has 3 amide bonds. The monoisotopic (exact) mass is 412 g/mol. The van der Waals surface area contributed by atoms with Crippen LogP contribution in [-0.4, -0.2) is 34.2 Å². The lowest BCUT2D eigenvalue weighted by Crippen LogP contribution is -2.57. The Morgan fingerprint density at radius 2 is 2.08 bits per heavy atom. The summed E-state index contributed by atoms with van der Waals surface area (Å²) in [6, 6.07) is 3.53. The molecule has 0 saturated carbocycles. The molecule has 1 aliphatic heterocycles. The van der Waals surface area contributed by atoms with Gasteiger partial charge in [-0.15, -0.1) is 0 Å². The van der Waals surface area contributed by atoms with Crippen LogP contribution in [0, 0.1) is 10.1 Å². The van der Waals surface area contributed by atoms with E-state index >= 15 is 0 Å². The molecule has 134 valence electrons. The van der Waals surface area contributed by atoms with Crippen LogP contribution in [0.15, 0.2) is 22.7 Å². The first kappa shape index (κ1) is 18.8. The molecule has 0 bridgehead atoms. The predicted octanol–water partition coefficient (Wildman–Crippen LogP) is 1.47. The summed E-state index contributed by atoms with van der Waals surface area (Å²) in [7, 11) is 0. The molecular formula is C15H17BrN4O5. The van der Waals surface area contributed by atoms with E-state index in [-0.39, 0.29) is 30.1 Å². The molecule has 0 aromatic heterocycles. The molecule has 0 radical (unpaired) electrons. The third-order valence-electron chi connectivity index (χ3n) is 3.71. The highest BCUT2D eigenvalue weighted by Crippen LogP contribution is 2.30. The van der Waals surface area contributed by atoms with E-state index in [9.17, 15) is 24.5 Å². The fraction of sp³-hybridized carbons (Fsp3) is 0.400. The second-order valence-corrected chi connectivity index (χ2v) is 7.06. The highest BCUT2D eigenvalue weighted by atomic mass is 79.9. The third-order valence-corrected chi connectivity index (χ3v) is 4.21. The van der Waals surface area contributed by atoms with Gasteiger partial charge in [-0.25, -0.2) is 0 Å². The van der Waals surface area contributed by atoms with E-state index in [1.165, 1.54) is 18.2 Å². The maximum Gasteiger partial charge on any atom is 0.292 e. The number of rotatable bonds is 5. The Hall–Kier alpha value is -2.49. The lowest BCUT2D eigenvalue weighted by molar-refractivity contribution is -0.384. The van der Waals surface area contributed by atoms with Crippen molar-refractivity contribution in [3.8, 4) is 0 Å². The molecule has 0 spiro atoms. The van der Waals surface area contributed by atoms with Crippen molar-refractivity contribution in [1.29, 1.82) is 0 Å². The minimum Gasteiger partial charge on any atom is -0.366 e. The number of piperidine rings is 1. The summed E-state index contributed by atoms with van der Waals surface area (Å²) >= 11 is 3.24. The zero-order valence-electron chi connectivity index (χ0n) is 13.6. The van der Waals surface area contributed by atoms with E-state index in [2.05, 4.69) is 31.9 Å². The van der Waals surface area contributed by atoms with Crippen molar-refractivity contribution in [2.24, 2.45) is 0 Å². The van der Waals surface area contributed by atoms with E-state index in [4.69, 9.17) is 0 Å². The minimum absolute atomic E-state index is 0.141. The summed E-state index contributed by atoms with van der Waals surface area (Å²) in [6.45, 7) is 3.08. The Balaban J connectivity index is 2.14. The van der Waals surface area contributed by atoms with Crippen molar-refractivity contribution in [1.82, 2.24) is 10.6 Å². The number of hydrogen-bond acceptors (Lipinski definition) is 6. The molecule has 1 unspecified atom stereocenters. The van der Waals surface area contributed by atoms with Crippen LogP contribution < -0.4 is 16.0 Å². The SMILES string of the molecule is CC(C)(Nc1cc(Br)ccc1[N+](=O)[O-])C(=O)NC1CCC(=O)NC1=O. The molecule has 1 fully saturated rings. The quantitative estimate of drug-likeness (QED) is 0.381. The van der Waals surface area contributed by atoms with Crippen molar-refractivity contribution in [3.05, 3.63) is 32.8 Å². The van der Waals surface area contributed by atoms with Gasteiger partial charge in [0.2, 0.25) is 17.7 Å². The maximum atomic E-state index is 12.5. The average Bonchev–Trinajstić information content (AvgIpc) is 2.49. The summed E-state index contributed by atoms with van der Waals surface area (Å²) in [5.41, 5.74) is -1.24. The van der Waals surface area contributed by atoms with Crippen molar-refractivity contribution >= 4 is 45.0 Å². The maximum absolute atomic E-state index is 12.5. The van der Waals surface area contributed by atoms with Gasteiger partial charge in [0, 0.05) is 17.0 Å². The normalized spacial score (nSPS) is 17.6. The van der Waals surface area contributed by atoms with Crippen molar-refractivity contribution in [3.63, 3.8) is 0 Å². The fourth-order valence-corrected chi connectivity index (χ4v) is 2.69. The standard InChI is InChI=1S/C15H17BrN4O5/c1-15(2,14(23)17-9-4-6-12(21)18-13(9)22)19-10-7-8(16)3-5-11(10)20(24)25/h3,5,7,9,19H,4,6H2,1-2H3,(H,17,23)(H,18,21,22). The molecule has 1 heterocycles. The molecule has 1 aromatic rings. The van der Waals surface area contributed by atoms with E-state index in [1.54, 1.807) is 13.8 Å². The Bertz CT molecular complexity index is 749. The Morgan fingerprint density at radius 3 is 2.68 bits per heavy atom. The van der Waals surface area contributed by atoms with Crippen LogP contribution in [0.2, 0.25) is 0 Å². The van der Waals surface area contributed by atoms with E-state index < -0.39 is 28.3 Å². The number of halogens is 1. The van der Waals surface area contributed by atoms with Gasteiger partial charge in [0.05, 0.1) is 4.92 Å². The molecule has 10 heteroatoms. The predicted molar refractivity (Wildman–Crippen MR) is 92.8 cm³/mol. The highest BCUT2D eigenvalue weighted by Gasteiger charge is 2.35. The number of nitrogens with zero attached hydrogens (tertiary/aromatic N) is 1. The van der Waals surface area contributed by atoms with Crippen LogP contribution in [0.5, 0.6) is 0 Å². The fourth-order valence-electron chi connectivity index (χ4n) is 2.33. The molecule has 0 aliphatic carbocycles. The summed E-state index contributed by atoms with van der Waals surface area (Å²) in [5, 5.41) is 18.7. The highest BCUT2D eigenvalue weighted by molar-refractivity contribution is 9.10. The van der Waals surface area contributed by atoms with Crippen molar-refractivity contribution in [2.75, 3.05) is 5.32 Å². The van der Waals surface area contributed by atoms with Crippen LogP contribution >= 0.6 is 15.9 Å². The largest absolute Gasteiger partial charge is 0.366 e. The lowest BCUT2D eigenvalue weighted by Gasteiger charge is -2.29.